The maximum Gasteiger partial charge on any atom is 0.356 e. The van der Waals surface area contributed by atoms with Crippen molar-refractivity contribution in [2.75, 3.05) is 13.2 Å². The molecule has 128 valence electrons. The predicted molar refractivity (Wildman–Crippen MR) is 99.1 cm³/mol. The van der Waals surface area contributed by atoms with Crippen LogP contribution in [0.15, 0.2) is 60.0 Å². The molecule has 0 fully saturated rings. The Kier molecular flexibility index (Phi) is 5.80. The number of esters is 1. The Morgan fingerprint density at radius 2 is 1.92 bits per heavy atom. The second kappa shape index (κ2) is 8.44. The van der Waals surface area contributed by atoms with Crippen molar-refractivity contribution in [3.05, 3.63) is 70.5 Å². The highest BCUT2D eigenvalue weighted by atomic mass is 32.1. The average molecular weight is 353 g/mol. The Morgan fingerprint density at radius 1 is 1.08 bits per heavy atom. The maximum absolute atomic E-state index is 12.2. The fourth-order valence-corrected chi connectivity index (χ4v) is 3.06. The van der Waals surface area contributed by atoms with E-state index in [0.717, 1.165) is 23.4 Å². The molecular formula is C20H19NO3S. The van der Waals surface area contributed by atoms with Gasteiger partial charge >= 0.3 is 5.97 Å². The normalized spacial score (nSPS) is 10.4. The first-order chi connectivity index (χ1) is 12.3. The first-order valence-electron chi connectivity index (χ1n) is 8.16. The molecule has 0 atom stereocenters. The van der Waals surface area contributed by atoms with Crippen molar-refractivity contribution in [1.29, 1.82) is 0 Å². The molecule has 0 amide bonds. The molecule has 0 aliphatic carbocycles. The first kappa shape index (κ1) is 17.2. The molecule has 3 aromatic rings. The zero-order chi connectivity index (χ0) is 17.5. The van der Waals surface area contributed by atoms with E-state index in [-0.39, 0.29) is 0 Å². The summed E-state index contributed by atoms with van der Waals surface area (Å²) in [4.78, 5) is 17.8. The van der Waals surface area contributed by atoms with E-state index in [1.165, 1.54) is 4.88 Å². The smallest absolute Gasteiger partial charge is 0.356 e. The third-order valence-corrected chi connectivity index (χ3v) is 4.52. The first-order valence-corrected chi connectivity index (χ1v) is 9.04. The molecule has 4 nitrogen and oxygen atoms in total. The average Bonchev–Trinajstić information content (AvgIpc) is 3.16. The van der Waals surface area contributed by atoms with Gasteiger partial charge in [0.25, 0.3) is 0 Å². The van der Waals surface area contributed by atoms with Gasteiger partial charge in [0.05, 0.1) is 18.9 Å². The number of pyridine rings is 1. The van der Waals surface area contributed by atoms with Crippen LogP contribution in [0.4, 0.5) is 0 Å². The molecule has 3 rings (SSSR count). The van der Waals surface area contributed by atoms with Gasteiger partial charge < -0.3 is 9.47 Å². The Morgan fingerprint density at radius 3 is 2.64 bits per heavy atom. The lowest BCUT2D eigenvalue weighted by atomic mass is 10.1. The highest BCUT2D eigenvalue weighted by Gasteiger charge is 2.11. The minimum Gasteiger partial charge on any atom is -0.494 e. The van der Waals surface area contributed by atoms with E-state index < -0.39 is 5.97 Å². The van der Waals surface area contributed by atoms with Gasteiger partial charge in [0, 0.05) is 16.9 Å². The summed E-state index contributed by atoms with van der Waals surface area (Å²) in [5.74, 6) is 0.416. The van der Waals surface area contributed by atoms with E-state index in [1.807, 2.05) is 60.8 Å². The van der Waals surface area contributed by atoms with Crippen LogP contribution in [-0.2, 0) is 11.2 Å². The van der Waals surface area contributed by atoms with Crippen molar-refractivity contribution in [3.63, 3.8) is 0 Å². The summed E-state index contributed by atoms with van der Waals surface area (Å²) in [5.41, 5.74) is 1.98. The molecule has 0 saturated carbocycles. The van der Waals surface area contributed by atoms with Gasteiger partial charge in [-0.25, -0.2) is 9.78 Å². The summed E-state index contributed by atoms with van der Waals surface area (Å²) in [6.45, 7) is 2.93. The molecule has 2 heterocycles. The summed E-state index contributed by atoms with van der Waals surface area (Å²) in [6, 6.07) is 17.0. The number of aromatic nitrogens is 1. The van der Waals surface area contributed by atoms with Crippen molar-refractivity contribution >= 4 is 17.3 Å². The zero-order valence-electron chi connectivity index (χ0n) is 14.0. The summed E-state index contributed by atoms with van der Waals surface area (Å²) in [5, 5.41) is 2.01. The lowest BCUT2D eigenvalue weighted by molar-refractivity contribution is 0.0503. The monoisotopic (exact) mass is 353 g/mol. The van der Waals surface area contributed by atoms with Crippen LogP contribution < -0.4 is 4.74 Å². The van der Waals surface area contributed by atoms with Crippen molar-refractivity contribution in [2.45, 2.75) is 13.3 Å². The molecule has 0 unspecified atom stereocenters. The molecule has 1 aromatic carbocycles. The van der Waals surface area contributed by atoms with Crippen LogP contribution in [0.5, 0.6) is 5.75 Å². The minimum absolute atomic E-state index is 0.317. The third kappa shape index (κ3) is 4.67. The number of carbonyl (C=O) groups excluding carboxylic acids is 1. The number of hydrogen-bond acceptors (Lipinski definition) is 5. The van der Waals surface area contributed by atoms with Gasteiger partial charge in [-0.1, -0.05) is 12.1 Å². The Hall–Kier alpha value is -2.66. The van der Waals surface area contributed by atoms with Gasteiger partial charge in [0.15, 0.2) is 0 Å². The van der Waals surface area contributed by atoms with Gasteiger partial charge in [-0.3, -0.25) is 0 Å². The second-order valence-corrected chi connectivity index (χ2v) is 6.36. The number of hydrogen-bond donors (Lipinski definition) is 0. The van der Waals surface area contributed by atoms with Gasteiger partial charge in [0.2, 0.25) is 0 Å². The second-order valence-electron chi connectivity index (χ2n) is 5.33. The quantitative estimate of drug-likeness (QED) is 0.582. The fraction of sp³-hybridized carbons (Fsp3) is 0.200. The van der Waals surface area contributed by atoms with Crippen LogP contribution in [0.3, 0.4) is 0 Å². The Labute approximate surface area is 151 Å². The number of rotatable bonds is 7. The number of thiophene rings is 1. The maximum atomic E-state index is 12.2. The van der Waals surface area contributed by atoms with Crippen LogP contribution in [0, 0.1) is 0 Å². The van der Waals surface area contributed by atoms with Crippen LogP contribution in [0.1, 0.15) is 22.3 Å². The van der Waals surface area contributed by atoms with Crippen LogP contribution in [-0.4, -0.2) is 24.2 Å². The standard InChI is InChI=1S/C20H19NO3S/c1-2-23-16-10-8-15(9-11-16)18-6-3-7-19(21-18)20(22)24-13-12-17-5-4-14-25-17/h3-11,14H,2,12-13H2,1H3. The Balaban J connectivity index is 1.64. The predicted octanol–water partition coefficient (Wildman–Crippen LogP) is 4.61. The lowest BCUT2D eigenvalue weighted by Crippen LogP contribution is -2.10. The molecule has 0 bridgehead atoms. The largest absolute Gasteiger partial charge is 0.494 e. The number of carbonyl (C=O) groups is 1. The highest BCUT2D eigenvalue weighted by Crippen LogP contribution is 2.21. The summed E-state index contributed by atoms with van der Waals surface area (Å²) in [7, 11) is 0. The van der Waals surface area contributed by atoms with Crippen molar-refractivity contribution in [1.82, 2.24) is 4.98 Å². The van der Waals surface area contributed by atoms with Gasteiger partial charge in [-0.2, -0.15) is 0 Å². The number of benzene rings is 1. The number of ether oxygens (including phenoxy) is 2. The van der Waals surface area contributed by atoms with Gasteiger partial charge in [-0.15, -0.1) is 11.3 Å². The van der Waals surface area contributed by atoms with Gasteiger partial charge in [-0.05, 0) is 54.8 Å². The summed E-state index contributed by atoms with van der Waals surface area (Å²) < 4.78 is 10.8. The summed E-state index contributed by atoms with van der Waals surface area (Å²) in [6.07, 6.45) is 0.724. The zero-order valence-corrected chi connectivity index (χ0v) is 14.8. The Bertz CT molecular complexity index is 813. The van der Waals surface area contributed by atoms with E-state index in [2.05, 4.69) is 4.98 Å². The molecule has 0 aliphatic rings. The van der Waals surface area contributed by atoms with E-state index in [0.29, 0.717) is 18.9 Å². The summed E-state index contributed by atoms with van der Waals surface area (Å²) >= 11 is 1.66. The molecule has 25 heavy (non-hydrogen) atoms. The van der Waals surface area contributed by atoms with Gasteiger partial charge in [0.1, 0.15) is 11.4 Å². The third-order valence-electron chi connectivity index (χ3n) is 3.58. The fourth-order valence-electron chi connectivity index (χ4n) is 2.37. The molecular weight excluding hydrogens is 334 g/mol. The van der Waals surface area contributed by atoms with Crippen LogP contribution in [0.2, 0.25) is 0 Å². The number of nitrogens with zero attached hydrogens (tertiary/aromatic N) is 1. The van der Waals surface area contributed by atoms with E-state index in [4.69, 9.17) is 9.47 Å². The van der Waals surface area contributed by atoms with Crippen LogP contribution >= 0.6 is 11.3 Å². The van der Waals surface area contributed by atoms with E-state index in [9.17, 15) is 4.79 Å². The topological polar surface area (TPSA) is 48.4 Å². The molecule has 0 N–H and O–H groups in total. The molecule has 0 aliphatic heterocycles. The molecule has 0 spiro atoms. The molecule has 0 radical (unpaired) electrons. The van der Waals surface area contributed by atoms with Crippen molar-refractivity contribution < 1.29 is 14.3 Å². The minimum atomic E-state index is -0.399. The SMILES string of the molecule is CCOc1ccc(-c2cccc(C(=O)OCCc3cccs3)n2)cc1. The van der Waals surface area contributed by atoms with Crippen LogP contribution in [0.25, 0.3) is 11.3 Å². The lowest BCUT2D eigenvalue weighted by Gasteiger charge is -2.07. The highest BCUT2D eigenvalue weighted by molar-refractivity contribution is 7.09. The molecule has 5 heteroatoms. The molecule has 0 saturated heterocycles. The molecule has 2 aromatic heterocycles. The van der Waals surface area contributed by atoms with E-state index >= 15 is 0 Å². The van der Waals surface area contributed by atoms with Crippen molar-refractivity contribution in [3.8, 4) is 17.0 Å². The van der Waals surface area contributed by atoms with E-state index in [1.54, 1.807) is 17.4 Å². The van der Waals surface area contributed by atoms with Crippen molar-refractivity contribution in [2.24, 2.45) is 0 Å².